The van der Waals surface area contributed by atoms with Gasteiger partial charge in [0.2, 0.25) is 0 Å². The lowest BCUT2D eigenvalue weighted by Gasteiger charge is -2.16. The molecule has 0 amide bonds. The zero-order chi connectivity index (χ0) is 12.3. The molecule has 0 atom stereocenters. The van der Waals surface area contributed by atoms with Crippen molar-refractivity contribution in [1.82, 2.24) is 0 Å². The van der Waals surface area contributed by atoms with Crippen LogP contribution in [0.1, 0.15) is 36.1 Å². The van der Waals surface area contributed by atoms with Crippen molar-refractivity contribution >= 4 is 0 Å². The number of rotatable bonds is 4. The van der Waals surface area contributed by atoms with Gasteiger partial charge in [-0.2, -0.15) is 0 Å². The van der Waals surface area contributed by atoms with Crippen LogP contribution in [0.5, 0.6) is 0 Å². The molecule has 0 bridgehead atoms. The van der Waals surface area contributed by atoms with Gasteiger partial charge in [-0.1, -0.05) is 13.8 Å². The van der Waals surface area contributed by atoms with Gasteiger partial charge in [0.25, 0.3) is 0 Å². The second-order valence-corrected chi connectivity index (χ2v) is 3.68. The van der Waals surface area contributed by atoms with Crippen LogP contribution in [0.25, 0.3) is 0 Å². The van der Waals surface area contributed by atoms with Gasteiger partial charge in [-0.25, -0.2) is 8.78 Å². The third-order valence-electron chi connectivity index (χ3n) is 2.78. The molecule has 0 N–H and O–H groups in total. The standard InChI is InChI=1S/C13H17F2O/c1-5-9-8(3)10(6-2)13(15)11(7-16-4)12(9)14/h3,5-7H2,1-2,4H3. The van der Waals surface area contributed by atoms with E-state index in [1.54, 1.807) is 0 Å². The molecule has 0 saturated carbocycles. The van der Waals surface area contributed by atoms with Gasteiger partial charge in [-0.3, -0.25) is 0 Å². The number of methoxy groups -OCH3 is 1. The molecule has 0 unspecified atom stereocenters. The highest BCUT2D eigenvalue weighted by Crippen LogP contribution is 2.27. The van der Waals surface area contributed by atoms with Crippen LogP contribution in [0, 0.1) is 18.6 Å². The van der Waals surface area contributed by atoms with E-state index in [1.807, 2.05) is 13.8 Å². The average Bonchev–Trinajstić information content (AvgIpc) is 2.26. The first-order chi connectivity index (χ1) is 7.58. The van der Waals surface area contributed by atoms with E-state index in [1.165, 1.54) is 7.11 Å². The number of hydrogen-bond donors (Lipinski definition) is 0. The first-order valence-corrected chi connectivity index (χ1v) is 5.40. The summed E-state index contributed by atoms with van der Waals surface area (Å²) in [6.07, 6.45) is 1.02. The van der Waals surface area contributed by atoms with Crippen LogP contribution in [-0.2, 0) is 24.2 Å². The highest BCUT2D eigenvalue weighted by Gasteiger charge is 2.20. The summed E-state index contributed by atoms with van der Waals surface area (Å²) in [5.74, 6) is -1.02. The Labute approximate surface area is 95.4 Å². The van der Waals surface area contributed by atoms with Gasteiger partial charge in [0.05, 0.1) is 6.61 Å². The molecule has 0 aromatic heterocycles. The Morgan fingerprint density at radius 1 is 1.00 bits per heavy atom. The van der Waals surface area contributed by atoms with Crippen molar-refractivity contribution in [1.29, 1.82) is 0 Å². The van der Waals surface area contributed by atoms with Crippen molar-refractivity contribution in [2.75, 3.05) is 7.11 Å². The Balaban J connectivity index is 3.49. The van der Waals surface area contributed by atoms with Crippen LogP contribution < -0.4 is 0 Å². The van der Waals surface area contributed by atoms with E-state index in [0.717, 1.165) is 0 Å². The zero-order valence-corrected chi connectivity index (χ0v) is 9.99. The van der Waals surface area contributed by atoms with Crippen LogP contribution in [-0.4, -0.2) is 7.11 Å². The Hall–Kier alpha value is -0.960. The normalized spacial score (nSPS) is 10.9. The number of benzene rings is 1. The predicted molar refractivity (Wildman–Crippen MR) is 60.3 cm³/mol. The second-order valence-electron chi connectivity index (χ2n) is 3.68. The van der Waals surface area contributed by atoms with Gasteiger partial charge in [-0.15, -0.1) is 0 Å². The smallest absolute Gasteiger partial charge is 0.135 e. The third-order valence-corrected chi connectivity index (χ3v) is 2.78. The molecular weight excluding hydrogens is 210 g/mol. The van der Waals surface area contributed by atoms with Crippen molar-refractivity contribution in [3.63, 3.8) is 0 Å². The molecule has 0 aliphatic heterocycles. The maximum Gasteiger partial charge on any atom is 0.135 e. The van der Waals surface area contributed by atoms with E-state index >= 15 is 0 Å². The second kappa shape index (κ2) is 5.39. The van der Waals surface area contributed by atoms with Gasteiger partial charge in [0, 0.05) is 12.7 Å². The highest BCUT2D eigenvalue weighted by atomic mass is 19.1. The molecule has 1 radical (unpaired) electrons. The summed E-state index contributed by atoms with van der Waals surface area (Å²) in [6, 6.07) is 0. The first kappa shape index (κ1) is 13.1. The summed E-state index contributed by atoms with van der Waals surface area (Å²) in [5.41, 5.74) is 1.49. The van der Waals surface area contributed by atoms with Crippen LogP contribution in [0.3, 0.4) is 0 Å². The fourth-order valence-corrected chi connectivity index (χ4v) is 1.92. The minimum atomic E-state index is -0.510. The number of halogens is 2. The summed E-state index contributed by atoms with van der Waals surface area (Å²) in [5, 5.41) is 0. The monoisotopic (exact) mass is 227 g/mol. The van der Waals surface area contributed by atoms with E-state index < -0.39 is 11.6 Å². The molecule has 0 aliphatic carbocycles. The van der Waals surface area contributed by atoms with Crippen LogP contribution in [0.15, 0.2) is 0 Å². The SMILES string of the molecule is [CH2]c1c(CC)c(F)c(COC)c(F)c1CC. The summed E-state index contributed by atoms with van der Waals surface area (Å²) in [7, 11) is 1.42. The Kier molecular flexibility index (Phi) is 4.42. The Morgan fingerprint density at radius 2 is 1.44 bits per heavy atom. The molecule has 0 spiro atoms. The Bertz CT molecular complexity index is 355. The van der Waals surface area contributed by atoms with E-state index in [4.69, 9.17) is 4.74 Å². The highest BCUT2D eigenvalue weighted by molar-refractivity contribution is 5.43. The quantitative estimate of drug-likeness (QED) is 0.765. The van der Waals surface area contributed by atoms with Crippen molar-refractivity contribution in [2.24, 2.45) is 0 Å². The van der Waals surface area contributed by atoms with Crippen LogP contribution in [0.4, 0.5) is 8.78 Å². The fourth-order valence-electron chi connectivity index (χ4n) is 1.92. The molecule has 0 saturated heterocycles. The molecule has 1 nitrogen and oxygen atoms in total. The van der Waals surface area contributed by atoms with Crippen LogP contribution in [0.2, 0.25) is 0 Å². The maximum absolute atomic E-state index is 13.9. The van der Waals surface area contributed by atoms with E-state index in [2.05, 4.69) is 6.92 Å². The molecule has 1 aromatic carbocycles. The largest absolute Gasteiger partial charge is 0.380 e. The number of ether oxygens (including phenoxy) is 1. The van der Waals surface area contributed by atoms with Gasteiger partial charge < -0.3 is 4.74 Å². The van der Waals surface area contributed by atoms with Crippen molar-refractivity contribution in [3.8, 4) is 0 Å². The lowest BCUT2D eigenvalue weighted by Crippen LogP contribution is -2.09. The average molecular weight is 227 g/mol. The summed E-state index contributed by atoms with van der Waals surface area (Å²) in [6.45, 7) is 7.39. The minimum Gasteiger partial charge on any atom is -0.380 e. The third kappa shape index (κ3) is 2.09. The lowest BCUT2D eigenvalue weighted by atomic mass is 9.94. The molecule has 0 fully saturated rings. The molecule has 89 valence electrons. The lowest BCUT2D eigenvalue weighted by molar-refractivity contribution is 0.177. The van der Waals surface area contributed by atoms with Crippen molar-refractivity contribution in [3.05, 3.63) is 40.8 Å². The summed E-state index contributed by atoms with van der Waals surface area (Å²) >= 11 is 0. The zero-order valence-electron chi connectivity index (χ0n) is 9.99. The first-order valence-electron chi connectivity index (χ1n) is 5.40. The van der Waals surface area contributed by atoms with Crippen LogP contribution >= 0.6 is 0 Å². The molecule has 1 rings (SSSR count). The molecule has 1 aromatic rings. The van der Waals surface area contributed by atoms with E-state index in [-0.39, 0.29) is 12.2 Å². The van der Waals surface area contributed by atoms with Gasteiger partial charge >= 0.3 is 0 Å². The topological polar surface area (TPSA) is 9.23 Å². The van der Waals surface area contributed by atoms with E-state index in [9.17, 15) is 8.78 Å². The van der Waals surface area contributed by atoms with E-state index in [0.29, 0.717) is 29.5 Å². The van der Waals surface area contributed by atoms with Crippen molar-refractivity contribution in [2.45, 2.75) is 33.3 Å². The molecule has 3 heteroatoms. The molecular formula is C13H17F2O. The van der Waals surface area contributed by atoms with Gasteiger partial charge in [-0.05, 0) is 36.5 Å². The van der Waals surface area contributed by atoms with Gasteiger partial charge in [0.1, 0.15) is 11.6 Å². The fraction of sp³-hybridized carbons (Fsp3) is 0.462. The van der Waals surface area contributed by atoms with Gasteiger partial charge in [0.15, 0.2) is 0 Å². The number of hydrogen-bond acceptors (Lipinski definition) is 1. The molecule has 0 heterocycles. The maximum atomic E-state index is 13.9. The predicted octanol–water partition coefficient (Wildman–Crippen LogP) is 3.42. The van der Waals surface area contributed by atoms with Crippen molar-refractivity contribution < 1.29 is 13.5 Å². The minimum absolute atomic E-state index is 0.0172. The molecule has 16 heavy (non-hydrogen) atoms. The Morgan fingerprint density at radius 3 is 1.75 bits per heavy atom. The molecule has 0 aliphatic rings. The summed E-state index contributed by atoms with van der Waals surface area (Å²) < 4.78 is 32.7. The summed E-state index contributed by atoms with van der Waals surface area (Å²) in [4.78, 5) is 0.